The number of nitrogens with zero attached hydrogens (tertiary/aromatic N) is 1. The number of ether oxygens (including phenoxy) is 1. The highest BCUT2D eigenvalue weighted by Gasteiger charge is 2.46. The van der Waals surface area contributed by atoms with Gasteiger partial charge in [-0.05, 0) is 29.8 Å². The average molecular weight is 389 g/mol. The van der Waals surface area contributed by atoms with E-state index in [1.54, 1.807) is 67.8 Å². The lowest BCUT2D eigenvalue weighted by molar-refractivity contribution is -0.140. The zero-order chi connectivity index (χ0) is 20.4. The number of furan rings is 1. The third-order valence-electron chi connectivity index (χ3n) is 4.90. The van der Waals surface area contributed by atoms with Crippen LogP contribution in [0.1, 0.15) is 22.9 Å². The van der Waals surface area contributed by atoms with Gasteiger partial charge in [0.2, 0.25) is 0 Å². The first kappa shape index (κ1) is 18.6. The molecule has 3 aromatic rings. The van der Waals surface area contributed by atoms with E-state index >= 15 is 0 Å². The number of rotatable bonds is 5. The van der Waals surface area contributed by atoms with Crippen molar-refractivity contribution in [1.82, 2.24) is 4.90 Å². The van der Waals surface area contributed by atoms with Crippen molar-refractivity contribution in [2.75, 3.05) is 7.11 Å². The molecule has 1 aliphatic rings. The predicted octanol–water partition coefficient (Wildman–Crippen LogP) is 3.91. The van der Waals surface area contributed by atoms with Gasteiger partial charge in [-0.25, -0.2) is 0 Å². The number of methoxy groups -OCH3 is 1. The topological polar surface area (TPSA) is 80.0 Å². The molecule has 0 bridgehead atoms. The van der Waals surface area contributed by atoms with Crippen LogP contribution in [0.2, 0.25) is 0 Å². The summed E-state index contributed by atoms with van der Waals surface area (Å²) in [6.07, 6.45) is 1.51. The van der Waals surface area contributed by atoms with E-state index in [0.29, 0.717) is 22.6 Å². The van der Waals surface area contributed by atoms with E-state index in [4.69, 9.17) is 9.15 Å². The fourth-order valence-electron chi connectivity index (χ4n) is 3.52. The van der Waals surface area contributed by atoms with Crippen molar-refractivity contribution in [2.24, 2.45) is 0 Å². The molecule has 6 heteroatoms. The Morgan fingerprint density at radius 1 is 1.07 bits per heavy atom. The van der Waals surface area contributed by atoms with Crippen molar-refractivity contribution in [1.29, 1.82) is 0 Å². The van der Waals surface area contributed by atoms with Gasteiger partial charge in [-0.15, -0.1) is 0 Å². The first-order valence-corrected chi connectivity index (χ1v) is 9.10. The SMILES string of the molecule is COc1cccc([C@@H]2/C(=C(\O)c3ccccc3)C(=O)C(=O)N2Cc2ccco2)c1. The first-order valence-electron chi connectivity index (χ1n) is 9.10. The predicted molar refractivity (Wildman–Crippen MR) is 106 cm³/mol. The summed E-state index contributed by atoms with van der Waals surface area (Å²) in [7, 11) is 1.54. The molecule has 29 heavy (non-hydrogen) atoms. The molecule has 1 aromatic heterocycles. The molecule has 0 radical (unpaired) electrons. The van der Waals surface area contributed by atoms with Gasteiger partial charge in [0.1, 0.15) is 17.3 Å². The molecule has 0 aliphatic carbocycles. The highest BCUT2D eigenvalue weighted by molar-refractivity contribution is 6.46. The quantitative estimate of drug-likeness (QED) is 0.407. The van der Waals surface area contributed by atoms with Gasteiger partial charge in [-0.1, -0.05) is 42.5 Å². The van der Waals surface area contributed by atoms with Gasteiger partial charge in [-0.2, -0.15) is 0 Å². The molecule has 2 aromatic carbocycles. The molecule has 0 unspecified atom stereocenters. The van der Waals surface area contributed by atoms with Crippen molar-refractivity contribution in [3.05, 3.63) is 95.5 Å². The van der Waals surface area contributed by atoms with Crippen molar-refractivity contribution in [3.8, 4) is 5.75 Å². The highest BCUT2D eigenvalue weighted by Crippen LogP contribution is 2.41. The third kappa shape index (κ3) is 3.40. The number of aliphatic hydroxyl groups is 1. The standard InChI is InChI=1S/C23H19NO5/c1-28-17-10-5-9-16(13-17)20-19(21(25)15-7-3-2-4-8-15)22(26)23(27)24(20)14-18-11-6-12-29-18/h2-13,20,25H,14H2,1H3/b21-19+/t20-/m1/s1. The van der Waals surface area contributed by atoms with Crippen LogP contribution in [0.3, 0.4) is 0 Å². The van der Waals surface area contributed by atoms with Crippen LogP contribution in [0.25, 0.3) is 5.76 Å². The van der Waals surface area contributed by atoms with E-state index < -0.39 is 17.7 Å². The number of carbonyl (C=O) groups is 2. The molecular weight excluding hydrogens is 370 g/mol. The molecule has 2 heterocycles. The summed E-state index contributed by atoms with van der Waals surface area (Å²) in [5.74, 6) is -0.499. The van der Waals surface area contributed by atoms with E-state index in [9.17, 15) is 14.7 Å². The van der Waals surface area contributed by atoms with Crippen LogP contribution in [-0.4, -0.2) is 28.8 Å². The van der Waals surface area contributed by atoms with Gasteiger partial charge < -0.3 is 19.2 Å². The fourth-order valence-corrected chi connectivity index (χ4v) is 3.52. The largest absolute Gasteiger partial charge is 0.507 e. The second-order valence-electron chi connectivity index (χ2n) is 6.65. The molecule has 0 saturated carbocycles. The minimum atomic E-state index is -0.768. The lowest BCUT2D eigenvalue weighted by atomic mass is 9.95. The number of carbonyl (C=O) groups excluding carboxylic acids is 2. The van der Waals surface area contributed by atoms with Crippen LogP contribution in [0.15, 0.2) is 83.0 Å². The van der Waals surface area contributed by atoms with E-state index in [2.05, 4.69) is 0 Å². The normalized spacial score (nSPS) is 18.2. The Hall–Kier alpha value is -3.80. The summed E-state index contributed by atoms with van der Waals surface area (Å²) in [5, 5.41) is 10.9. The summed E-state index contributed by atoms with van der Waals surface area (Å²) in [6, 6.07) is 18.5. The average Bonchev–Trinajstić information content (AvgIpc) is 3.36. The molecule has 1 amide bonds. The van der Waals surface area contributed by atoms with Gasteiger partial charge in [0.25, 0.3) is 11.7 Å². The lowest BCUT2D eigenvalue weighted by Crippen LogP contribution is -2.29. The maximum absolute atomic E-state index is 12.9. The maximum Gasteiger partial charge on any atom is 0.296 e. The fraction of sp³-hybridized carbons (Fsp3) is 0.130. The molecule has 1 aliphatic heterocycles. The molecular formula is C23H19NO5. The van der Waals surface area contributed by atoms with Crippen molar-refractivity contribution >= 4 is 17.4 Å². The van der Waals surface area contributed by atoms with E-state index in [1.165, 1.54) is 11.2 Å². The van der Waals surface area contributed by atoms with Crippen molar-refractivity contribution < 1.29 is 23.8 Å². The molecule has 1 saturated heterocycles. The summed E-state index contributed by atoms with van der Waals surface area (Å²) in [4.78, 5) is 27.2. The second-order valence-corrected chi connectivity index (χ2v) is 6.65. The monoisotopic (exact) mass is 389 g/mol. The minimum Gasteiger partial charge on any atom is -0.507 e. The number of Topliss-reactive ketones (excluding diaryl/α,β-unsaturated/α-hetero) is 1. The molecule has 1 atom stereocenters. The summed E-state index contributed by atoms with van der Waals surface area (Å²) in [5.41, 5.74) is 1.17. The number of ketones is 1. The second kappa shape index (κ2) is 7.67. The number of benzene rings is 2. The van der Waals surface area contributed by atoms with Crippen LogP contribution in [0.4, 0.5) is 0 Å². The number of likely N-dealkylation sites (tertiary alicyclic amines) is 1. The Kier molecular flexibility index (Phi) is 4.91. The Balaban J connectivity index is 1.88. The summed E-state index contributed by atoms with van der Waals surface area (Å²) in [6.45, 7) is 0.102. The van der Waals surface area contributed by atoms with Crippen molar-refractivity contribution in [3.63, 3.8) is 0 Å². The molecule has 6 nitrogen and oxygen atoms in total. The molecule has 4 rings (SSSR count). The van der Waals surface area contributed by atoms with Crippen LogP contribution < -0.4 is 4.74 Å². The highest BCUT2D eigenvalue weighted by atomic mass is 16.5. The van der Waals surface area contributed by atoms with Crippen LogP contribution in [0.5, 0.6) is 5.75 Å². The number of hydrogen-bond donors (Lipinski definition) is 1. The van der Waals surface area contributed by atoms with Crippen LogP contribution in [-0.2, 0) is 16.1 Å². The zero-order valence-corrected chi connectivity index (χ0v) is 15.7. The van der Waals surface area contributed by atoms with Crippen molar-refractivity contribution in [2.45, 2.75) is 12.6 Å². The molecule has 1 N–H and O–H groups in total. The first-order chi connectivity index (χ1) is 14.1. The Morgan fingerprint density at radius 3 is 2.55 bits per heavy atom. The lowest BCUT2D eigenvalue weighted by Gasteiger charge is -2.24. The number of amides is 1. The van der Waals surface area contributed by atoms with Crippen LogP contribution >= 0.6 is 0 Å². The molecule has 1 fully saturated rings. The van der Waals surface area contributed by atoms with Crippen LogP contribution in [0, 0.1) is 0 Å². The summed E-state index contributed by atoms with van der Waals surface area (Å²) >= 11 is 0. The van der Waals surface area contributed by atoms with Gasteiger partial charge in [-0.3, -0.25) is 9.59 Å². The maximum atomic E-state index is 12.9. The van der Waals surface area contributed by atoms with Gasteiger partial charge in [0.05, 0.1) is 31.5 Å². The van der Waals surface area contributed by atoms with E-state index in [1.807, 2.05) is 6.07 Å². The molecule has 146 valence electrons. The Labute approximate surface area is 167 Å². The van der Waals surface area contributed by atoms with Gasteiger partial charge >= 0.3 is 0 Å². The third-order valence-corrected chi connectivity index (χ3v) is 4.90. The van der Waals surface area contributed by atoms with Gasteiger partial charge in [0, 0.05) is 5.56 Å². The van der Waals surface area contributed by atoms with E-state index in [0.717, 1.165) is 0 Å². The summed E-state index contributed by atoms with van der Waals surface area (Å²) < 4.78 is 10.7. The smallest absolute Gasteiger partial charge is 0.296 e. The minimum absolute atomic E-state index is 0.0426. The molecule has 0 spiro atoms. The number of hydrogen-bond acceptors (Lipinski definition) is 5. The van der Waals surface area contributed by atoms with E-state index in [-0.39, 0.29) is 17.9 Å². The number of aliphatic hydroxyl groups excluding tert-OH is 1. The zero-order valence-electron chi connectivity index (χ0n) is 15.7. The van der Waals surface area contributed by atoms with Gasteiger partial charge in [0.15, 0.2) is 0 Å². The Morgan fingerprint density at radius 2 is 1.86 bits per heavy atom. The Bertz CT molecular complexity index is 1070.